The van der Waals surface area contributed by atoms with Gasteiger partial charge in [-0.1, -0.05) is 6.07 Å². The van der Waals surface area contributed by atoms with E-state index in [0.717, 1.165) is 5.69 Å². The Morgan fingerprint density at radius 3 is 2.68 bits per heavy atom. The van der Waals surface area contributed by atoms with Crippen LogP contribution >= 0.6 is 0 Å². The van der Waals surface area contributed by atoms with Crippen molar-refractivity contribution in [1.82, 2.24) is 4.98 Å². The largest absolute Gasteiger partial charge is 0.399 e. The number of carbonyl (C=O) groups is 1. The highest BCUT2D eigenvalue weighted by Gasteiger charge is 2.16. The molecule has 0 unspecified atom stereocenters. The molecule has 0 bridgehead atoms. The molecule has 0 atom stereocenters. The van der Waals surface area contributed by atoms with E-state index in [-0.39, 0.29) is 11.5 Å². The van der Waals surface area contributed by atoms with Crippen molar-refractivity contribution in [2.24, 2.45) is 0 Å². The molecule has 0 saturated heterocycles. The van der Waals surface area contributed by atoms with Gasteiger partial charge < -0.3 is 15.6 Å². The van der Waals surface area contributed by atoms with Crippen LogP contribution < -0.4 is 16.2 Å². The number of aromatic amines is 1. The van der Waals surface area contributed by atoms with Crippen LogP contribution in [0.3, 0.4) is 0 Å². The molecule has 1 aromatic carbocycles. The van der Waals surface area contributed by atoms with E-state index in [2.05, 4.69) is 4.98 Å². The summed E-state index contributed by atoms with van der Waals surface area (Å²) < 4.78 is 0. The number of nitrogens with one attached hydrogen (secondary N) is 1. The van der Waals surface area contributed by atoms with E-state index in [1.165, 1.54) is 18.3 Å². The number of aromatic nitrogens is 1. The van der Waals surface area contributed by atoms with Crippen LogP contribution in [-0.4, -0.2) is 17.4 Å². The Balaban J connectivity index is 2.34. The first kappa shape index (κ1) is 12.9. The second kappa shape index (κ2) is 5.39. The van der Waals surface area contributed by atoms with Gasteiger partial charge in [0.15, 0.2) is 0 Å². The van der Waals surface area contributed by atoms with Crippen molar-refractivity contribution < 1.29 is 4.79 Å². The van der Waals surface area contributed by atoms with Gasteiger partial charge in [-0.25, -0.2) is 0 Å². The van der Waals surface area contributed by atoms with Crippen molar-refractivity contribution in [2.75, 3.05) is 17.2 Å². The first-order valence-corrected chi connectivity index (χ1v) is 5.98. The summed E-state index contributed by atoms with van der Waals surface area (Å²) in [5.41, 5.74) is 7.26. The maximum atomic E-state index is 12.4. The molecule has 5 heteroatoms. The molecule has 0 aliphatic carbocycles. The van der Waals surface area contributed by atoms with Crippen molar-refractivity contribution >= 4 is 17.3 Å². The molecular weight excluding hydrogens is 242 g/mol. The highest BCUT2D eigenvalue weighted by Crippen LogP contribution is 2.19. The third kappa shape index (κ3) is 2.82. The van der Waals surface area contributed by atoms with Crippen molar-refractivity contribution in [3.05, 3.63) is 58.5 Å². The van der Waals surface area contributed by atoms with Crippen molar-refractivity contribution in [3.63, 3.8) is 0 Å². The minimum absolute atomic E-state index is 0.177. The van der Waals surface area contributed by atoms with Crippen LogP contribution in [0.1, 0.15) is 17.3 Å². The van der Waals surface area contributed by atoms with E-state index in [9.17, 15) is 9.59 Å². The predicted octanol–water partition coefficient (Wildman–Crippen LogP) is 1.62. The molecule has 1 heterocycles. The van der Waals surface area contributed by atoms with Gasteiger partial charge >= 0.3 is 0 Å². The number of pyridine rings is 1. The van der Waals surface area contributed by atoms with Gasteiger partial charge in [0.25, 0.3) is 5.91 Å². The quantitative estimate of drug-likeness (QED) is 0.820. The number of carbonyl (C=O) groups excluding carboxylic acids is 1. The molecule has 98 valence electrons. The van der Waals surface area contributed by atoms with Crippen LogP contribution in [0.25, 0.3) is 0 Å². The summed E-state index contributed by atoms with van der Waals surface area (Å²) in [5, 5.41) is 0. The molecule has 0 radical (unpaired) electrons. The fourth-order valence-corrected chi connectivity index (χ4v) is 1.84. The SMILES string of the molecule is CCN(C(=O)c1ccc(=O)[nH]c1)c1cccc(N)c1. The van der Waals surface area contributed by atoms with E-state index >= 15 is 0 Å². The molecular formula is C14H15N3O2. The highest BCUT2D eigenvalue weighted by atomic mass is 16.2. The zero-order chi connectivity index (χ0) is 13.8. The summed E-state index contributed by atoms with van der Waals surface area (Å²) in [7, 11) is 0. The van der Waals surface area contributed by atoms with Crippen molar-refractivity contribution in [2.45, 2.75) is 6.92 Å². The van der Waals surface area contributed by atoms with Crippen LogP contribution in [0.2, 0.25) is 0 Å². The summed E-state index contributed by atoms with van der Waals surface area (Å²) in [6, 6.07) is 9.97. The summed E-state index contributed by atoms with van der Waals surface area (Å²) in [4.78, 5) is 27.5. The van der Waals surface area contributed by atoms with Crippen LogP contribution in [-0.2, 0) is 0 Å². The monoisotopic (exact) mass is 257 g/mol. The maximum absolute atomic E-state index is 12.4. The Morgan fingerprint density at radius 1 is 1.32 bits per heavy atom. The number of hydrogen-bond donors (Lipinski definition) is 2. The molecule has 1 amide bonds. The molecule has 0 saturated carbocycles. The third-order valence-corrected chi connectivity index (χ3v) is 2.77. The Morgan fingerprint density at radius 2 is 2.11 bits per heavy atom. The standard InChI is InChI=1S/C14H15N3O2/c1-2-17(12-5-3-4-11(15)8-12)14(19)10-6-7-13(18)16-9-10/h3-9H,2,15H2,1H3,(H,16,18). The number of benzene rings is 1. The first-order valence-electron chi connectivity index (χ1n) is 5.98. The van der Waals surface area contributed by atoms with Gasteiger partial charge in [0.2, 0.25) is 5.56 Å². The molecule has 3 N–H and O–H groups in total. The molecule has 0 spiro atoms. The summed E-state index contributed by atoms with van der Waals surface area (Å²) in [6.07, 6.45) is 1.42. The van der Waals surface area contributed by atoms with Crippen LogP contribution in [0.4, 0.5) is 11.4 Å². The molecule has 1 aromatic heterocycles. The van der Waals surface area contributed by atoms with Crippen LogP contribution in [0.5, 0.6) is 0 Å². The Kier molecular flexibility index (Phi) is 3.66. The summed E-state index contributed by atoms with van der Waals surface area (Å²) in [6.45, 7) is 2.40. The van der Waals surface area contributed by atoms with Gasteiger partial charge in [0.1, 0.15) is 0 Å². The van der Waals surface area contributed by atoms with Crippen LogP contribution in [0, 0.1) is 0 Å². The molecule has 2 aromatic rings. The first-order chi connectivity index (χ1) is 9.11. The van der Waals surface area contributed by atoms with Gasteiger partial charge in [-0.3, -0.25) is 9.59 Å². The number of anilines is 2. The lowest BCUT2D eigenvalue weighted by Crippen LogP contribution is -2.31. The fourth-order valence-electron chi connectivity index (χ4n) is 1.84. The van der Waals surface area contributed by atoms with Crippen LogP contribution in [0.15, 0.2) is 47.4 Å². The fraction of sp³-hybridized carbons (Fsp3) is 0.143. The van der Waals surface area contributed by atoms with Gasteiger partial charge in [0.05, 0.1) is 5.56 Å². The average Bonchev–Trinajstić information content (AvgIpc) is 2.40. The minimum Gasteiger partial charge on any atom is -0.399 e. The van der Waals surface area contributed by atoms with Gasteiger partial charge in [-0.15, -0.1) is 0 Å². The van der Waals surface area contributed by atoms with E-state index in [4.69, 9.17) is 5.73 Å². The molecule has 0 fully saturated rings. The van der Waals surface area contributed by atoms with Gasteiger partial charge in [-0.2, -0.15) is 0 Å². The Bertz CT molecular complexity index is 629. The highest BCUT2D eigenvalue weighted by molar-refractivity contribution is 6.06. The number of H-pyrrole nitrogens is 1. The Hall–Kier alpha value is -2.56. The van der Waals surface area contributed by atoms with Gasteiger partial charge in [0, 0.05) is 30.2 Å². The number of nitrogens with two attached hydrogens (primary N) is 1. The number of nitrogen functional groups attached to an aromatic ring is 1. The molecule has 5 nitrogen and oxygen atoms in total. The topological polar surface area (TPSA) is 79.2 Å². The zero-order valence-electron chi connectivity index (χ0n) is 10.6. The number of nitrogens with zero attached hydrogens (tertiary/aromatic N) is 1. The normalized spacial score (nSPS) is 10.2. The summed E-state index contributed by atoms with van der Waals surface area (Å²) in [5.74, 6) is -0.177. The smallest absolute Gasteiger partial charge is 0.259 e. The van der Waals surface area contributed by atoms with Crippen molar-refractivity contribution in [3.8, 4) is 0 Å². The lowest BCUT2D eigenvalue weighted by molar-refractivity contribution is 0.0988. The van der Waals surface area contributed by atoms with E-state index in [1.807, 2.05) is 13.0 Å². The number of hydrogen-bond acceptors (Lipinski definition) is 3. The molecule has 19 heavy (non-hydrogen) atoms. The molecule has 2 rings (SSSR count). The zero-order valence-corrected chi connectivity index (χ0v) is 10.6. The average molecular weight is 257 g/mol. The third-order valence-electron chi connectivity index (χ3n) is 2.77. The molecule has 0 aliphatic heterocycles. The van der Waals surface area contributed by atoms with Gasteiger partial charge in [-0.05, 0) is 31.2 Å². The summed E-state index contributed by atoms with van der Waals surface area (Å²) >= 11 is 0. The second-order valence-corrected chi connectivity index (χ2v) is 4.09. The minimum atomic E-state index is -0.233. The lowest BCUT2D eigenvalue weighted by Gasteiger charge is -2.21. The molecule has 0 aliphatic rings. The number of amides is 1. The lowest BCUT2D eigenvalue weighted by atomic mass is 10.2. The number of rotatable bonds is 3. The van der Waals surface area contributed by atoms with Crippen molar-refractivity contribution in [1.29, 1.82) is 0 Å². The van der Waals surface area contributed by atoms with E-state index in [1.54, 1.807) is 23.1 Å². The predicted molar refractivity (Wildman–Crippen MR) is 75.3 cm³/mol. The Labute approximate surface area is 110 Å². The van der Waals surface area contributed by atoms with E-state index in [0.29, 0.717) is 17.8 Å². The maximum Gasteiger partial charge on any atom is 0.259 e. The second-order valence-electron chi connectivity index (χ2n) is 4.09. The van der Waals surface area contributed by atoms with E-state index < -0.39 is 0 Å².